The molecule has 0 fully saturated rings. The summed E-state index contributed by atoms with van der Waals surface area (Å²) < 4.78 is 0. The van der Waals surface area contributed by atoms with Crippen LogP contribution in [0.4, 0.5) is 0 Å². The topological polar surface area (TPSA) is 17.1 Å². The second kappa shape index (κ2) is 6.18. The van der Waals surface area contributed by atoms with Crippen molar-refractivity contribution in [3.63, 3.8) is 0 Å². The second-order valence-electron chi connectivity index (χ2n) is 2.09. The Kier molecular flexibility index (Phi) is 5.38. The minimum absolute atomic E-state index is 0.0631. The first-order valence-electron chi connectivity index (χ1n) is 3.74. The van der Waals surface area contributed by atoms with Gasteiger partial charge in [-0.15, -0.1) is 0 Å². The number of Topliss-reactive ketones (excluding diaryl/α,β-unsaturated/α-hetero) is 1. The quantitative estimate of drug-likeness (QED) is 0.351. The molecule has 12 heavy (non-hydrogen) atoms. The third kappa shape index (κ3) is 4.29. The van der Waals surface area contributed by atoms with E-state index in [1.54, 1.807) is 25.2 Å². The second-order valence-corrected chi connectivity index (χ2v) is 2.09. The van der Waals surface area contributed by atoms with E-state index in [1.165, 1.54) is 0 Å². The molecule has 0 aromatic carbocycles. The van der Waals surface area contributed by atoms with E-state index in [0.29, 0.717) is 12.0 Å². The van der Waals surface area contributed by atoms with E-state index in [2.05, 4.69) is 25.0 Å². The van der Waals surface area contributed by atoms with Crippen LogP contribution in [0.25, 0.3) is 0 Å². The fourth-order valence-electron chi connectivity index (χ4n) is 0.518. The van der Waals surface area contributed by atoms with Gasteiger partial charge in [0.2, 0.25) is 5.78 Å². The van der Waals surface area contributed by atoms with Gasteiger partial charge in [0.25, 0.3) is 0 Å². The van der Waals surface area contributed by atoms with Gasteiger partial charge in [0.05, 0.1) is 0 Å². The predicted octanol–water partition coefficient (Wildman–Crippen LogP) is 2.27. The lowest BCUT2D eigenvalue weighted by Crippen LogP contribution is -1.87. The van der Waals surface area contributed by atoms with E-state index in [9.17, 15) is 4.79 Å². The van der Waals surface area contributed by atoms with Gasteiger partial charge in [-0.3, -0.25) is 4.79 Å². The Labute approximate surface area is 73.5 Å². The smallest absolute Gasteiger partial charge is 0.205 e. The van der Waals surface area contributed by atoms with Crippen LogP contribution in [-0.4, -0.2) is 5.78 Å². The van der Waals surface area contributed by atoms with E-state index < -0.39 is 0 Å². The molecule has 1 nitrogen and oxygen atoms in total. The summed E-state index contributed by atoms with van der Waals surface area (Å²) in [6.07, 6.45) is 5.37. The first-order chi connectivity index (χ1) is 5.74. The summed E-state index contributed by atoms with van der Waals surface area (Å²) in [4.78, 5) is 10.8. The number of allylic oxidation sites excluding steroid dienone is 4. The minimum Gasteiger partial charge on any atom is -0.285 e. The number of carbonyl (C=O) groups excluding carboxylic acids is 1. The molecule has 0 aromatic heterocycles. The molecule has 0 aromatic rings. The average molecular weight is 160 g/mol. The molecule has 0 bridgehead atoms. The summed E-state index contributed by atoms with van der Waals surface area (Å²) in [5.74, 6) is 5.12. The normalized spacial score (nSPS) is 9.58. The van der Waals surface area contributed by atoms with Crippen LogP contribution >= 0.6 is 0 Å². The van der Waals surface area contributed by atoms with Crippen molar-refractivity contribution < 1.29 is 4.79 Å². The lowest BCUT2D eigenvalue weighted by molar-refractivity contribution is -0.113. The summed E-state index contributed by atoms with van der Waals surface area (Å²) in [7, 11) is 0. The van der Waals surface area contributed by atoms with Gasteiger partial charge in [0.15, 0.2) is 0 Å². The van der Waals surface area contributed by atoms with Gasteiger partial charge in [-0.25, -0.2) is 0 Å². The standard InChI is InChI=1S/C11H12O/c1-4-7-10(5-2)8-9-11(12)6-3/h4-5,7H,1-2,6H2,3H3/b10-7+. The average Bonchev–Trinajstić information content (AvgIpc) is 2.11. The Morgan fingerprint density at radius 2 is 2.08 bits per heavy atom. The molecule has 0 heterocycles. The van der Waals surface area contributed by atoms with Crippen LogP contribution in [0.2, 0.25) is 0 Å². The first-order valence-corrected chi connectivity index (χ1v) is 3.74. The highest BCUT2D eigenvalue weighted by molar-refractivity contribution is 5.95. The molecule has 0 atom stereocenters. The first kappa shape index (κ1) is 10.4. The Bertz CT molecular complexity index is 271. The van der Waals surface area contributed by atoms with Gasteiger partial charge in [0.1, 0.15) is 0 Å². The van der Waals surface area contributed by atoms with Crippen LogP contribution in [0.3, 0.4) is 0 Å². The van der Waals surface area contributed by atoms with Crippen LogP contribution in [0.5, 0.6) is 0 Å². The van der Waals surface area contributed by atoms with Crippen LogP contribution < -0.4 is 0 Å². The van der Waals surface area contributed by atoms with Gasteiger partial charge in [-0.1, -0.05) is 38.2 Å². The molecular formula is C11H12O. The number of rotatable bonds is 3. The van der Waals surface area contributed by atoms with Gasteiger partial charge < -0.3 is 0 Å². The van der Waals surface area contributed by atoms with E-state index in [1.807, 2.05) is 0 Å². The molecule has 0 saturated carbocycles. The fraction of sp³-hybridized carbons (Fsp3) is 0.182. The molecule has 0 aliphatic heterocycles. The maximum absolute atomic E-state index is 10.8. The number of carbonyl (C=O) groups is 1. The summed E-state index contributed by atoms with van der Waals surface area (Å²) in [5, 5.41) is 0. The van der Waals surface area contributed by atoms with E-state index in [-0.39, 0.29) is 5.78 Å². The van der Waals surface area contributed by atoms with E-state index in [4.69, 9.17) is 0 Å². The van der Waals surface area contributed by atoms with Crippen molar-refractivity contribution in [2.24, 2.45) is 0 Å². The zero-order valence-corrected chi connectivity index (χ0v) is 7.26. The van der Waals surface area contributed by atoms with Gasteiger partial charge in [-0.2, -0.15) is 0 Å². The summed E-state index contributed by atoms with van der Waals surface area (Å²) in [6.45, 7) is 8.85. The lowest BCUT2D eigenvalue weighted by Gasteiger charge is -1.84. The van der Waals surface area contributed by atoms with Crippen molar-refractivity contribution in [3.05, 3.63) is 37.0 Å². The van der Waals surface area contributed by atoms with Crippen molar-refractivity contribution in [2.75, 3.05) is 0 Å². The Hall–Kier alpha value is -1.55. The predicted molar refractivity (Wildman–Crippen MR) is 51.6 cm³/mol. The van der Waals surface area contributed by atoms with Gasteiger partial charge in [0, 0.05) is 12.0 Å². The monoisotopic (exact) mass is 160 g/mol. The maximum Gasteiger partial charge on any atom is 0.205 e. The fourth-order valence-corrected chi connectivity index (χ4v) is 0.518. The Morgan fingerprint density at radius 3 is 2.50 bits per heavy atom. The summed E-state index contributed by atoms with van der Waals surface area (Å²) in [6, 6.07) is 0. The maximum atomic E-state index is 10.8. The number of hydrogen-bond donors (Lipinski definition) is 0. The summed E-state index contributed by atoms with van der Waals surface area (Å²) >= 11 is 0. The van der Waals surface area contributed by atoms with Crippen molar-refractivity contribution in [1.29, 1.82) is 0 Å². The highest BCUT2D eigenvalue weighted by Gasteiger charge is 1.88. The molecule has 0 aliphatic carbocycles. The third-order valence-corrected chi connectivity index (χ3v) is 1.18. The SMILES string of the molecule is C=C/C=C(/C#CC(=O)CC)C=C. The van der Waals surface area contributed by atoms with E-state index in [0.717, 1.165) is 0 Å². The molecule has 62 valence electrons. The van der Waals surface area contributed by atoms with Crippen molar-refractivity contribution in [3.8, 4) is 11.8 Å². The molecular weight excluding hydrogens is 148 g/mol. The Balaban J connectivity index is 4.45. The third-order valence-electron chi connectivity index (χ3n) is 1.18. The molecule has 0 rings (SSSR count). The zero-order chi connectivity index (χ0) is 9.40. The van der Waals surface area contributed by atoms with Crippen LogP contribution in [0, 0.1) is 11.8 Å². The van der Waals surface area contributed by atoms with Gasteiger partial charge in [-0.05, 0) is 12.0 Å². The molecule has 0 N–H and O–H groups in total. The molecule has 0 aliphatic rings. The van der Waals surface area contributed by atoms with Crippen LogP contribution in [-0.2, 0) is 4.79 Å². The van der Waals surface area contributed by atoms with Crippen molar-refractivity contribution >= 4 is 5.78 Å². The molecule has 0 amide bonds. The Morgan fingerprint density at radius 1 is 1.42 bits per heavy atom. The lowest BCUT2D eigenvalue weighted by atomic mass is 10.2. The molecule has 0 unspecified atom stereocenters. The van der Waals surface area contributed by atoms with Gasteiger partial charge >= 0.3 is 0 Å². The van der Waals surface area contributed by atoms with E-state index >= 15 is 0 Å². The molecule has 1 heteroatoms. The molecule has 0 saturated heterocycles. The number of hydrogen-bond acceptors (Lipinski definition) is 1. The summed E-state index contributed by atoms with van der Waals surface area (Å²) in [5.41, 5.74) is 0.715. The highest BCUT2D eigenvalue weighted by atomic mass is 16.1. The largest absolute Gasteiger partial charge is 0.285 e. The van der Waals surface area contributed by atoms with Crippen LogP contribution in [0.15, 0.2) is 37.0 Å². The van der Waals surface area contributed by atoms with Crippen LogP contribution in [0.1, 0.15) is 13.3 Å². The minimum atomic E-state index is -0.0631. The van der Waals surface area contributed by atoms with Crippen molar-refractivity contribution in [2.45, 2.75) is 13.3 Å². The zero-order valence-electron chi connectivity index (χ0n) is 7.26. The molecule has 0 spiro atoms. The number of ketones is 1. The highest BCUT2D eigenvalue weighted by Crippen LogP contribution is 1.92. The molecule has 0 radical (unpaired) electrons. The van der Waals surface area contributed by atoms with Crippen molar-refractivity contribution in [1.82, 2.24) is 0 Å².